The second-order valence-corrected chi connectivity index (χ2v) is 21.0. The summed E-state index contributed by atoms with van der Waals surface area (Å²) in [6, 6.07) is -0.877. The zero-order valence-electron chi connectivity index (χ0n) is 41.4. The third-order valence-electron chi connectivity index (χ3n) is 12.2. The highest BCUT2D eigenvalue weighted by molar-refractivity contribution is 7.45. The first kappa shape index (κ1) is 60.2. The Kier molecular flexibility index (Phi) is 43.9. The number of likely N-dealkylation sites (N-methyl/N-ethyl adjacent to an activating group) is 1. The lowest BCUT2D eigenvalue weighted by atomic mass is 10.0. The molecule has 0 rings (SSSR count). The van der Waals surface area contributed by atoms with E-state index in [0.29, 0.717) is 17.4 Å². The second-order valence-electron chi connectivity index (χ2n) is 19.6. The molecule has 61 heavy (non-hydrogen) atoms. The lowest BCUT2D eigenvalue weighted by Crippen LogP contribution is -2.45. The van der Waals surface area contributed by atoms with E-state index in [4.69, 9.17) is 9.05 Å². The number of allylic oxidation sites excluding steroid dienone is 1. The number of hydrogen-bond acceptors (Lipinski definition) is 6. The van der Waals surface area contributed by atoms with Crippen LogP contribution < -0.4 is 10.2 Å². The predicted octanol–water partition coefficient (Wildman–Crippen LogP) is 14.8. The largest absolute Gasteiger partial charge is 0.756 e. The lowest BCUT2D eigenvalue weighted by Gasteiger charge is -2.29. The number of carbonyl (C=O) groups excluding carboxylic acids is 1. The average Bonchev–Trinajstić information content (AvgIpc) is 3.21. The van der Waals surface area contributed by atoms with Crippen LogP contribution in [0.5, 0.6) is 0 Å². The highest BCUT2D eigenvalue weighted by atomic mass is 31.2. The number of hydrogen-bond donors (Lipinski definition) is 2. The Balaban J connectivity index is 3.71. The molecule has 0 heterocycles. The Morgan fingerprint density at radius 3 is 1.23 bits per heavy atom. The molecule has 0 aromatic heterocycles. The molecular weight excluding hydrogens is 780 g/mol. The maximum Gasteiger partial charge on any atom is 0.268 e. The van der Waals surface area contributed by atoms with E-state index in [1.165, 1.54) is 199 Å². The van der Waals surface area contributed by atoms with Crippen LogP contribution in [0.3, 0.4) is 0 Å². The van der Waals surface area contributed by atoms with Crippen LogP contribution in [0, 0.1) is 0 Å². The smallest absolute Gasteiger partial charge is 0.268 e. The van der Waals surface area contributed by atoms with E-state index in [2.05, 4.69) is 19.2 Å². The van der Waals surface area contributed by atoms with Crippen molar-refractivity contribution in [3.05, 3.63) is 12.2 Å². The SMILES string of the molecule is CCCCC/C=C/C(O)C(COP(=O)([O-])OCC[N+](C)(C)C)NC(=O)CCCCCCCCCCCCCCCCCCCCCCCCCCCCCCCCCCCC. The Bertz CT molecular complexity index is 1000. The predicted molar refractivity (Wildman–Crippen MR) is 261 cm³/mol. The summed E-state index contributed by atoms with van der Waals surface area (Å²) in [7, 11) is 1.27. The topological polar surface area (TPSA) is 108 Å². The summed E-state index contributed by atoms with van der Waals surface area (Å²) < 4.78 is 23.0. The number of rotatable bonds is 49. The number of phosphoric ester groups is 1. The van der Waals surface area contributed by atoms with Crippen molar-refractivity contribution in [1.29, 1.82) is 0 Å². The van der Waals surface area contributed by atoms with Crippen LogP contribution in [-0.4, -0.2) is 68.5 Å². The van der Waals surface area contributed by atoms with Gasteiger partial charge in [-0.25, -0.2) is 0 Å². The number of aliphatic hydroxyl groups is 1. The normalized spacial score (nSPS) is 14.1. The van der Waals surface area contributed by atoms with Gasteiger partial charge in [0.05, 0.1) is 39.9 Å². The molecule has 1 amide bonds. The van der Waals surface area contributed by atoms with Gasteiger partial charge in [0, 0.05) is 6.42 Å². The summed E-state index contributed by atoms with van der Waals surface area (Å²) >= 11 is 0. The minimum Gasteiger partial charge on any atom is -0.756 e. The molecule has 9 heteroatoms. The molecule has 0 aromatic carbocycles. The van der Waals surface area contributed by atoms with E-state index in [1.807, 2.05) is 27.2 Å². The first-order valence-corrected chi connectivity index (χ1v) is 28.0. The van der Waals surface area contributed by atoms with Gasteiger partial charge < -0.3 is 28.8 Å². The van der Waals surface area contributed by atoms with E-state index in [0.717, 1.165) is 44.9 Å². The van der Waals surface area contributed by atoms with Crippen LogP contribution in [0.25, 0.3) is 0 Å². The maximum atomic E-state index is 12.8. The molecule has 0 aliphatic carbocycles. The fourth-order valence-corrected chi connectivity index (χ4v) is 8.76. The molecule has 0 aliphatic rings. The quantitative estimate of drug-likeness (QED) is 0.0273. The van der Waals surface area contributed by atoms with Crippen molar-refractivity contribution >= 4 is 13.7 Å². The van der Waals surface area contributed by atoms with E-state index < -0.39 is 20.0 Å². The highest BCUT2D eigenvalue weighted by Gasteiger charge is 2.23. The molecule has 0 spiro atoms. The van der Waals surface area contributed by atoms with Gasteiger partial charge >= 0.3 is 0 Å². The summed E-state index contributed by atoms with van der Waals surface area (Å²) in [4.78, 5) is 25.1. The molecule has 0 radical (unpaired) electrons. The van der Waals surface area contributed by atoms with Crippen molar-refractivity contribution < 1.29 is 32.9 Å². The van der Waals surface area contributed by atoms with Gasteiger partial charge in [0.1, 0.15) is 13.2 Å². The van der Waals surface area contributed by atoms with E-state index in [-0.39, 0.29) is 19.1 Å². The number of nitrogens with zero attached hydrogens (tertiary/aromatic N) is 1. The summed E-state index contributed by atoms with van der Waals surface area (Å²) in [5, 5.41) is 13.6. The van der Waals surface area contributed by atoms with Crippen molar-refractivity contribution in [2.75, 3.05) is 40.9 Å². The van der Waals surface area contributed by atoms with Crippen molar-refractivity contribution in [3.63, 3.8) is 0 Å². The van der Waals surface area contributed by atoms with E-state index in [9.17, 15) is 19.4 Å². The number of phosphoric acid groups is 1. The first-order chi connectivity index (χ1) is 29.5. The van der Waals surface area contributed by atoms with Gasteiger partial charge in [-0.15, -0.1) is 0 Å². The minimum atomic E-state index is -4.57. The second kappa shape index (κ2) is 44.4. The number of nitrogens with one attached hydrogen (secondary N) is 1. The van der Waals surface area contributed by atoms with Crippen LogP contribution >= 0.6 is 7.82 Å². The zero-order chi connectivity index (χ0) is 45.0. The summed E-state index contributed by atoms with van der Waals surface area (Å²) in [6.07, 6.45) is 53.7. The van der Waals surface area contributed by atoms with Gasteiger partial charge in [0.25, 0.3) is 7.82 Å². The van der Waals surface area contributed by atoms with Crippen LogP contribution in [0.15, 0.2) is 12.2 Å². The summed E-state index contributed by atoms with van der Waals surface area (Å²) in [6.45, 7) is 4.56. The van der Waals surface area contributed by atoms with Crippen molar-refractivity contribution in [3.8, 4) is 0 Å². The van der Waals surface area contributed by atoms with Gasteiger partial charge in [-0.3, -0.25) is 9.36 Å². The average molecular weight is 885 g/mol. The van der Waals surface area contributed by atoms with E-state index in [1.54, 1.807) is 6.08 Å². The monoisotopic (exact) mass is 885 g/mol. The molecular formula is C52H105N2O6P. The number of quaternary nitrogens is 1. The fourth-order valence-electron chi connectivity index (χ4n) is 8.04. The van der Waals surface area contributed by atoms with Crippen molar-refractivity contribution in [1.82, 2.24) is 5.32 Å². The van der Waals surface area contributed by atoms with Crippen molar-refractivity contribution in [2.45, 2.75) is 276 Å². The Hall–Kier alpha value is -0.760. The van der Waals surface area contributed by atoms with Gasteiger partial charge in [0.15, 0.2) is 0 Å². The maximum absolute atomic E-state index is 12.8. The van der Waals surface area contributed by atoms with Crippen LogP contribution in [0.1, 0.15) is 264 Å². The van der Waals surface area contributed by atoms with Crippen LogP contribution in [0.4, 0.5) is 0 Å². The highest BCUT2D eigenvalue weighted by Crippen LogP contribution is 2.38. The molecule has 0 aromatic rings. The Morgan fingerprint density at radius 2 is 0.885 bits per heavy atom. The first-order valence-electron chi connectivity index (χ1n) is 26.6. The van der Waals surface area contributed by atoms with E-state index >= 15 is 0 Å². The fraction of sp³-hybridized carbons (Fsp3) is 0.942. The van der Waals surface area contributed by atoms with Crippen molar-refractivity contribution in [2.24, 2.45) is 0 Å². The third kappa shape index (κ3) is 47.0. The van der Waals surface area contributed by atoms with Crippen LogP contribution in [-0.2, 0) is 18.4 Å². The molecule has 2 N–H and O–H groups in total. The molecule has 364 valence electrons. The minimum absolute atomic E-state index is 0.000921. The van der Waals surface area contributed by atoms with Gasteiger partial charge in [-0.05, 0) is 19.3 Å². The number of carbonyl (C=O) groups is 1. The molecule has 0 fully saturated rings. The molecule has 0 saturated carbocycles. The van der Waals surface area contributed by atoms with Gasteiger partial charge in [-0.1, -0.05) is 251 Å². The molecule has 0 bridgehead atoms. The summed E-state index contributed by atoms with van der Waals surface area (Å²) in [5.41, 5.74) is 0. The molecule has 3 atom stereocenters. The molecule has 0 aliphatic heterocycles. The Labute approximate surface area is 380 Å². The molecule has 3 unspecified atom stereocenters. The number of amides is 1. The third-order valence-corrected chi connectivity index (χ3v) is 13.2. The van der Waals surface area contributed by atoms with Gasteiger partial charge in [-0.2, -0.15) is 0 Å². The number of aliphatic hydroxyl groups excluding tert-OH is 1. The molecule has 0 saturated heterocycles. The van der Waals surface area contributed by atoms with Crippen LogP contribution in [0.2, 0.25) is 0 Å². The standard InChI is InChI=1S/C52H105N2O6P/c1-6-8-10-12-13-14-15-16-17-18-19-20-21-22-23-24-25-26-27-28-29-30-31-32-33-34-35-36-37-38-39-40-42-44-46-52(56)53-50(51(55)45-43-41-11-9-7-2)49-60-61(57,58)59-48-47-54(3,4)5/h43,45,50-51,55H,6-42,44,46-49H2,1-5H3,(H-,53,56,57,58)/b45-43+. The number of unbranched alkanes of at least 4 members (excludes halogenated alkanes) is 36. The zero-order valence-corrected chi connectivity index (χ0v) is 42.3. The van der Waals surface area contributed by atoms with Gasteiger partial charge in [0.2, 0.25) is 5.91 Å². The summed E-state index contributed by atoms with van der Waals surface area (Å²) in [5.74, 6) is -0.199. The Morgan fingerprint density at radius 1 is 0.557 bits per heavy atom. The molecule has 8 nitrogen and oxygen atoms in total. The lowest BCUT2D eigenvalue weighted by molar-refractivity contribution is -0.870.